The molecule has 0 aliphatic rings. The summed E-state index contributed by atoms with van der Waals surface area (Å²) in [6, 6.07) is 13.6. The van der Waals surface area contributed by atoms with Crippen LogP contribution in [0.5, 0.6) is 0 Å². The molecule has 5 nitrogen and oxygen atoms in total. The van der Waals surface area contributed by atoms with Crippen molar-refractivity contribution in [3.05, 3.63) is 52.4 Å². The first-order valence-corrected chi connectivity index (χ1v) is 7.31. The van der Waals surface area contributed by atoms with Crippen LogP contribution in [0.2, 0.25) is 0 Å². The molecule has 0 fully saturated rings. The van der Waals surface area contributed by atoms with Crippen LogP contribution >= 0.6 is 11.8 Å². The quantitative estimate of drug-likeness (QED) is 0.806. The second-order valence-electron chi connectivity index (χ2n) is 4.43. The Labute approximate surface area is 125 Å². The van der Waals surface area contributed by atoms with E-state index in [1.54, 1.807) is 10.6 Å². The summed E-state index contributed by atoms with van der Waals surface area (Å²) in [5.41, 5.74) is 0.433. The molecule has 0 spiro atoms. The van der Waals surface area contributed by atoms with Gasteiger partial charge in [-0.05, 0) is 36.2 Å². The molecule has 0 radical (unpaired) electrons. The van der Waals surface area contributed by atoms with E-state index in [2.05, 4.69) is 16.3 Å². The Kier molecular flexibility index (Phi) is 3.50. The Balaban J connectivity index is 2.14. The first-order valence-electron chi connectivity index (χ1n) is 6.49. The van der Waals surface area contributed by atoms with Crippen LogP contribution < -0.4 is 5.69 Å². The molecule has 0 unspecified atom stereocenters. The molecule has 1 heterocycles. The van der Waals surface area contributed by atoms with Crippen molar-refractivity contribution in [1.29, 1.82) is 5.26 Å². The van der Waals surface area contributed by atoms with Crippen LogP contribution in [0.15, 0.2) is 51.2 Å². The maximum Gasteiger partial charge on any atom is 0.343 e. The number of aromatic nitrogens is 3. The SMILES string of the molecule is CCn1c(Sc2ccc(C#N)c3ccccc23)n[nH]c1=O. The van der Waals surface area contributed by atoms with Gasteiger partial charge in [0.1, 0.15) is 0 Å². The van der Waals surface area contributed by atoms with E-state index in [9.17, 15) is 10.1 Å². The zero-order chi connectivity index (χ0) is 14.8. The summed E-state index contributed by atoms with van der Waals surface area (Å²) in [6.45, 7) is 2.46. The third-order valence-electron chi connectivity index (χ3n) is 3.25. The van der Waals surface area contributed by atoms with Crippen molar-refractivity contribution in [3.63, 3.8) is 0 Å². The number of nitrogens with one attached hydrogen (secondary N) is 1. The summed E-state index contributed by atoms with van der Waals surface area (Å²) >= 11 is 1.42. The largest absolute Gasteiger partial charge is 0.343 e. The highest BCUT2D eigenvalue weighted by Crippen LogP contribution is 2.33. The lowest BCUT2D eigenvalue weighted by molar-refractivity contribution is 0.660. The molecule has 1 N–H and O–H groups in total. The standard InChI is InChI=1S/C15H12N4OS/c1-2-19-14(20)17-18-15(19)21-13-8-7-10(9-16)11-5-3-4-6-12(11)13/h3-8H,2H2,1H3,(H,17,20). The summed E-state index contributed by atoms with van der Waals surface area (Å²) in [5.74, 6) is 0. The Hall–Kier alpha value is -2.52. The van der Waals surface area contributed by atoms with Gasteiger partial charge >= 0.3 is 5.69 Å². The molecule has 0 saturated heterocycles. The van der Waals surface area contributed by atoms with Gasteiger partial charge in [-0.2, -0.15) is 5.26 Å². The fourth-order valence-corrected chi connectivity index (χ4v) is 3.25. The zero-order valence-corrected chi connectivity index (χ0v) is 12.1. The van der Waals surface area contributed by atoms with Crippen LogP contribution in [0.3, 0.4) is 0 Å². The Morgan fingerprint density at radius 3 is 2.76 bits per heavy atom. The van der Waals surface area contributed by atoms with Crippen molar-refractivity contribution in [3.8, 4) is 6.07 Å². The van der Waals surface area contributed by atoms with Gasteiger partial charge in [0.05, 0.1) is 11.6 Å². The minimum absolute atomic E-state index is 0.210. The first kappa shape index (κ1) is 13.5. The fraction of sp³-hybridized carbons (Fsp3) is 0.133. The lowest BCUT2D eigenvalue weighted by Gasteiger charge is -2.07. The van der Waals surface area contributed by atoms with E-state index >= 15 is 0 Å². The highest BCUT2D eigenvalue weighted by Gasteiger charge is 2.12. The molecular formula is C15H12N4OS. The van der Waals surface area contributed by atoms with Crippen molar-refractivity contribution in [1.82, 2.24) is 14.8 Å². The highest BCUT2D eigenvalue weighted by atomic mass is 32.2. The van der Waals surface area contributed by atoms with Crippen LogP contribution in [-0.4, -0.2) is 14.8 Å². The minimum atomic E-state index is -0.210. The molecule has 3 rings (SSSR count). The number of aromatic amines is 1. The molecular weight excluding hydrogens is 284 g/mol. The number of hydrogen-bond donors (Lipinski definition) is 1. The van der Waals surface area contributed by atoms with E-state index in [-0.39, 0.29) is 5.69 Å². The number of benzene rings is 2. The molecule has 3 aromatic rings. The molecule has 0 saturated carbocycles. The molecule has 2 aromatic carbocycles. The smallest absolute Gasteiger partial charge is 0.270 e. The number of H-pyrrole nitrogens is 1. The van der Waals surface area contributed by atoms with E-state index < -0.39 is 0 Å². The van der Waals surface area contributed by atoms with Gasteiger partial charge in [-0.1, -0.05) is 24.3 Å². The van der Waals surface area contributed by atoms with E-state index in [0.717, 1.165) is 15.7 Å². The Bertz CT molecular complexity index is 904. The lowest BCUT2D eigenvalue weighted by Crippen LogP contribution is -2.15. The first-order chi connectivity index (χ1) is 10.2. The third kappa shape index (κ3) is 2.32. The van der Waals surface area contributed by atoms with Gasteiger partial charge in [-0.25, -0.2) is 9.89 Å². The zero-order valence-electron chi connectivity index (χ0n) is 11.3. The van der Waals surface area contributed by atoms with Crippen LogP contribution in [0.25, 0.3) is 10.8 Å². The molecule has 0 amide bonds. The maximum absolute atomic E-state index is 11.6. The molecule has 0 bridgehead atoms. The molecule has 21 heavy (non-hydrogen) atoms. The number of fused-ring (bicyclic) bond motifs is 1. The van der Waals surface area contributed by atoms with Crippen molar-refractivity contribution < 1.29 is 0 Å². The molecule has 1 aromatic heterocycles. The molecule has 6 heteroatoms. The Morgan fingerprint density at radius 2 is 2.05 bits per heavy atom. The van der Waals surface area contributed by atoms with Crippen molar-refractivity contribution >= 4 is 22.5 Å². The maximum atomic E-state index is 11.6. The summed E-state index contributed by atoms with van der Waals surface area (Å²) in [4.78, 5) is 12.6. The van der Waals surface area contributed by atoms with Crippen molar-refractivity contribution in [2.45, 2.75) is 23.5 Å². The van der Waals surface area contributed by atoms with Gasteiger partial charge in [0.15, 0.2) is 5.16 Å². The van der Waals surface area contributed by atoms with E-state index in [4.69, 9.17) is 0 Å². The van der Waals surface area contributed by atoms with Crippen LogP contribution in [0.4, 0.5) is 0 Å². The van der Waals surface area contributed by atoms with Gasteiger partial charge in [0.2, 0.25) is 0 Å². The summed E-state index contributed by atoms with van der Waals surface area (Å²) in [7, 11) is 0. The number of nitriles is 1. The summed E-state index contributed by atoms with van der Waals surface area (Å²) in [6.07, 6.45) is 0. The van der Waals surface area contributed by atoms with E-state index in [1.165, 1.54) is 11.8 Å². The monoisotopic (exact) mass is 296 g/mol. The number of rotatable bonds is 3. The average molecular weight is 296 g/mol. The molecule has 0 atom stereocenters. The predicted octanol–water partition coefficient (Wildman–Crippen LogP) is 2.77. The van der Waals surface area contributed by atoms with Gasteiger partial charge in [0.25, 0.3) is 0 Å². The van der Waals surface area contributed by atoms with E-state index in [1.807, 2.05) is 37.3 Å². The summed E-state index contributed by atoms with van der Waals surface area (Å²) in [5, 5.41) is 18.2. The predicted molar refractivity (Wildman–Crippen MR) is 81.3 cm³/mol. The Morgan fingerprint density at radius 1 is 1.29 bits per heavy atom. The average Bonchev–Trinajstić information content (AvgIpc) is 2.87. The van der Waals surface area contributed by atoms with Crippen molar-refractivity contribution in [2.75, 3.05) is 0 Å². The molecule has 0 aliphatic heterocycles. The third-order valence-corrected chi connectivity index (χ3v) is 4.32. The number of hydrogen-bond acceptors (Lipinski definition) is 4. The lowest BCUT2D eigenvalue weighted by atomic mass is 10.1. The van der Waals surface area contributed by atoms with Crippen LogP contribution in [0.1, 0.15) is 12.5 Å². The minimum Gasteiger partial charge on any atom is -0.270 e. The molecule has 0 aliphatic carbocycles. The fourth-order valence-electron chi connectivity index (χ4n) is 2.22. The van der Waals surface area contributed by atoms with Crippen LogP contribution in [-0.2, 0) is 6.54 Å². The van der Waals surface area contributed by atoms with Gasteiger partial charge in [-0.3, -0.25) is 4.57 Å². The van der Waals surface area contributed by atoms with Gasteiger partial charge in [-0.15, -0.1) is 5.10 Å². The van der Waals surface area contributed by atoms with Crippen molar-refractivity contribution in [2.24, 2.45) is 0 Å². The topological polar surface area (TPSA) is 74.5 Å². The number of nitrogens with zero attached hydrogens (tertiary/aromatic N) is 3. The van der Waals surface area contributed by atoms with E-state index in [0.29, 0.717) is 17.3 Å². The van der Waals surface area contributed by atoms with Crippen LogP contribution in [0, 0.1) is 11.3 Å². The highest BCUT2D eigenvalue weighted by molar-refractivity contribution is 7.99. The second kappa shape index (κ2) is 5.46. The van der Waals surface area contributed by atoms with Gasteiger partial charge in [0, 0.05) is 16.8 Å². The summed E-state index contributed by atoms with van der Waals surface area (Å²) < 4.78 is 1.58. The molecule has 104 valence electrons. The van der Waals surface area contributed by atoms with Gasteiger partial charge < -0.3 is 0 Å². The second-order valence-corrected chi connectivity index (χ2v) is 5.44. The normalized spacial score (nSPS) is 10.7.